The predicted octanol–water partition coefficient (Wildman–Crippen LogP) is 4.40. The number of fused-ring (bicyclic) bond motifs is 1. The average molecular weight is 285 g/mol. The summed E-state index contributed by atoms with van der Waals surface area (Å²) < 4.78 is 5.31. The summed E-state index contributed by atoms with van der Waals surface area (Å²) in [7, 11) is 1.71. The fourth-order valence-corrected chi connectivity index (χ4v) is 3.77. The summed E-state index contributed by atoms with van der Waals surface area (Å²) in [4.78, 5) is 0. The number of thioether (sulfide) groups is 1. The molecule has 0 aliphatic carbocycles. The van der Waals surface area contributed by atoms with Crippen molar-refractivity contribution >= 4 is 17.4 Å². The molecule has 2 aromatic rings. The number of aryl methyl sites for hydroxylation is 1. The van der Waals surface area contributed by atoms with Gasteiger partial charge in [0.05, 0.1) is 13.2 Å². The van der Waals surface area contributed by atoms with Gasteiger partial charge in [-0.15, -0.1) is 0 Å². The van der Waals surface area contributed by atoms with Gasteiger partial charge >= 0.3 is 0 Å². The molecule has 3 heteroatoms. The van der Waals surface area contributed by atoms with Crippen LogP contribution in [0, 0.1) is 6.92 Å². The largest absolute Gasteiger partial charge is 0.496 e. The molecule has 3 rings (SSSR count). The topological polar surface area (TPSA) is 21.3 Å². The lowest BCUT2D eigenvalue weighted by Crippen LogP contribution is -2.18. The van der Waals surface area contributed by atoms with Crippen molar-refractivity contribution in [1.82, 2.24) is 0 Å². The molecule has 0 amide bonds. The quantitative estimate of drug-likeness (QED) is 0.903. The van der Waals surface area contributed by atoms with Crippen molar-refractivity contribution < 1.29 is 4.74 Å². The van der Waals surface area contributed by atoms with E-state index < -0.39 is 0 Å². The molecule has 1 atom stereocenters. The Morgan fingerprint density at radius 3 is 2.85 bits per heavy atom. The van der Waals surface area contributed by atoms with Crippen molar-refractivity contribution in [3.05, 3.63) is 59.2 Å². The molecule has 0 spiro atoms. The van der Waals surface area contributed by atoms with Crippen LogP contribution < -0.4 is 10.1 Å². The molecule has 0 aromatic heterocycles. The summed E-state index contributed by atoms with van der Waals surface area (Å²) in [5.41, 5.74) is 5.20. The molecule has 104 valence electrons. The first-order valence-corrected chi connectivity index (χ1v) is 8.00. The van der Waals surface area contributed by atoms with Crippen LogP contribution in [0.25, 0.3) is 0 Å². The van der Waals surface area contributed by atoms with Crippen LogP contribution in [0.4, 0.5) is 5.69 Å². The van der Waals surface area contributed by atoms with E-state index in [0.717, 1.165) is 28.5 Å². The monoisotopic (exact) mass is 285 g/mol. The first-order chi connectivity index (χ1) is 9.78. The molecule has 20 heavy (non-hydrogen) atoms. The van der Waals surface area contributed by atoms with Gasteiger partial charge in [-0.1, -0.05) is 24.3 Å². The van der Waals surface area contributed by atoms with Crippen LogP contribution in [0.3, 0.4) is 0 Å². The Balaban J connectivity index is 1.84. The minimum atomic E-state index is 0.387. The van der Waals surface area contributed by atoms with E-state index in [-0.39, 0.29) is 0 Å². The first kappa shape index (κ1) is 13.4. The number of benzene rings is 2. The zero-order valence-electron chi connectivity index (χ0n) is 11.8. The molecule has 1 N–H and O–H groups in total. The van der Waals surface area contributed by atoms with Crippen LogP contribution in [-0.4, -0.2) is 12.9 Å². The molecular weight excluding hydrogens is 266 g/mol. The number of methoxy groups -OCH3 is 1. The second-order valence-electron chi connectivity index (χ2n) is 5.10. The van der Waals surface area contributed by atoms with Gasteiger partial charge in [-0.25, -0.2) is 0 Å². The van der Waals surface area contributed by atoms with Crippen molar-refractivity contribution in [2.75, 3.05) is 18.2 Å². The van der Waals surface area contributed by atoms with Crippen LogP contribution in [-0.2, 0) is 5.75 Å². The predicted molar refractivity (Wildman–Crippen MR) is 86.7 cm³/mol. The highest BCUT2D eigenvalue weighted by Crippen LogP contribution is 2.34. The van der Waals surface area contributed by atoms with Crippen LogP contribution in [0.15, 0.2) is 42.5 Å². The fourth-order valence-electron chi connectivity index (χ4n) is 2.67. The highest BCUT2D eigenvalue weighted by atomic mass is 32.2. The lowest BCUT2D eigenvalue weighted by Gasteiger charge is -2.27. The normalized spacial score (nSPS) is 17.4. The molecule has 2 aromatic carbocycles. The summed E-state index contributed by atoms with van der Waals surface area (Å²) in [6, 6.07) is 15.4. The van der Waals surface area contributed by atoms with E-state index in [1.807, 2.05) is 17.8 Å². The van der Waals surface area contributed by atoms with Gasteiger partial charge in [0.1, 0.15) is 5.75 Å². The molecule has 2 nitrogen and oxygen atoms in total. The Hall–Kier alpha value is -1.61. The van der Waals surface area contributed by atoms with Crippen molar-refractivity contribution in [1.29, 1.82) is 0 Å². The van der Waals surface area contributed by atoms with Crippen molar-refractivity contribution in [2.45, 2.75) is 18.7 Å². The number of ether oxygens (including phenoxy) is 1. The number of rotatable bonds is 3. The highest BCUT2D eigenvalue weighted by molar-refractivity contribution is 7.98. The van der Waals surface area contributed by atoms with E-state index in [9.17, 15) is 0 Å². The van der Waals surface area contributed by atoms with Gasteiger partial charge < -0.3 is 10.1 Å². The summed E-state index contributed by atoms with van der Waals surface area (Å²) >= 11 is 1.99. The van der Waals surface area contributed by atoms with Crippen molar-refractivity contribution in [2.24, 2.45) is 0 Å². The number of hydrogen-bond acceptors (Lipinski definition) is 3. The van der Waals surface area contributed by atoms with Crippen molar-refractivity contribution in [3.63, 3.8) is 0 Å². The molecule has 0 saturated carbocycles. The molecule has 1 heterocycles. The maximum Gasteiger partial charge on any atom is 0.121 e. The molecule has 0 bridgehead atoms. The SMILES string of the molecule is COc1ccc(NC2CSCc3ccccc32)cc1C. The lowest BCUT2D eigenvalue weighted by molar-refractivity contribution is 0.412. The molecule has 0 radical (unpaired) electrons. The van der Waals surface area contributed by atoms with Crippen molar-refractivity contribution in [3.8, 4) is 5.75 Å². The van der Waals surface area contributed by atoms with Crippen LogP contribution >= 0.6 is 11.8 Å². The second kappa shape index (κ2) is 5.80. The molecule has 1 aliphatic heterocycles. The lowest BCUT2D eigenvalue weighted by atomic mass is 10.0. The standard InChI is InChI=1S/C17H19NOS/c1-12-9-14(7-8-17(12)19-2)18-16-11-20-10-13-5-3-4-6-15(13)16/h3-9,16,18H,10-11H2,1-2H3. The molecular formula is C17H19NOS. The zero-order chi connectivity index (χ0) is 13.9. The average Bonchev–Trinajstić information content (AvgIpc) is 2.48. The van der Waals surface area contributed by atoms with E-state index in [2.05, 4.69) is 48.6 Å². The fraction of sp³-hybridized carbons (Fsp3) is 0.294. The summed E-state index contributed by atoms with van der Waals surface area (Å²) in [5.74, 6) is 3.17. The van der Waals surface area contributed by atoms with Gasteiger partial charge in [0.2, 0.25) is 0 Å². The smallest absolute Gasteiger partial charge is 0.121 e. The molecule has 1 unspecified atom stereocenters. The Kier molecular flexibility index (Phi) is 3.88. The third kappa shape index (κ3) is 2.63. The number of hydrogen-bond donors (Lipinski definition) is 1. The van der Waals surface area contributed by atoms with E-state index >= 15 is 0 Å². The van der Waals surface area contributed by atoms with Gasteiger partial charge in [-0.3, -0.25) is 0 Å². The summed E-state index contributed by atoms with van der Waals surface area (Å²) in [5, 5.41) is 3.65. The summed E-state index contributed by atoms with van der Waals surface area (Å²) in [6.07, 6.45) is 0. The molecule has 0 saturated heterocycles. The zero-order valence-corrected chi connectivity index (χ0v) is 12.7. The second-order valence-corrected chi connectivity index (χ2v) is 6.13. The Morgan fingerprint density at radius 1 is 1.20 bits per heavy atom. The summed E-state index contributed by atoms with van der Waals surface area (Å²) in [6.45, 7) is 2.08. The maximum atomic E-state index is 5.31. The highest BCUT2D eigenvalue weighted by Gasteiger charge is 2.19. The number of nitrogens with one attached hydrogen (secondary N) is 1. The maximum absolute atomic E-state index is 5.31. The van der Waals surface area contributed by atoms with E-state index in [4.69, 9.17) is 4.74 Å². The third-order valence-electron chi connectivity index (χ3n) is 3.71. The van der Waals surface area contributed by atoms with E-state index in [0.29, 0.717) is 6.04 Å². The van der Waals surface area contributed by atoms with Gasteiger partial charge in [0.25, 0.3) is 0 Å². The third-order valence-corrected chi connectivity index (χ3v) is 4.79. The Morgan fingerprint density at radius 2 is 2.05 bits per heavy atom. The molecule has 1 aliphatic rings. The van der Waals surface area contributed by atoms with Crippen LogP contribution in [0.5, 0.6) is 5.75 Å². The van der Waals surface area contributed by atoms with Crippen LogP contribution in [0.1, 0.15) is 22.7 Å². The number of anilines is 1. The minimum absolute atomic E-state index is 0.387. The molecule has 0 fully saturated rings. The van der Waals surface area contributed by atoms with E-state index in [1.165, 1.54) is 11.1 Å². The Bertz CT molecular complexity index is 612. The van der Waals surface area contributed by atoms with Gasteiger partial charge in [0.15, 0.2) is 0 Å². The van der Waals surface area contributed by atoms with Gasteiger partial charge in [0, 0.05) is 17.2 Å². The van der Waals surface area contributed by atoms with Crippen LogP contribution in [0.2, 0.25) is 0 Å². The Labute approximate surface area is 124 Å². The minimum Gasteiger partial charge on any atom is -0.496 e. The van der Waals surface area contributed by atoms with Gasteiger partial charge in [-0.2, -0.15) is 11.8 Å². The first-order valence-electron chi connectivity index (χ1n) is 6.84. The van der Waals surface area contributed by atoms with E-state index in [1.54, 1.807) is 7.11 Å². The van der Waals surface area contributed by atoms with Gasteiger partial charge in [-0.05, 0) is 41.8 Å².